The molecule has 1 unspecified atom stereocenters. The van der Waals surface area contributed by atoms with Gasteiger partial charge < -0.3 is 15.0 Å². The van der Waals surface area contributed by atoms with Crippen molar-refractivity contribution in [2.75, 3.05) is 6.61 Å². The largest absolute Gasteiger partial charge is 0.484 e. The van der Waals surface area contributed by atoms with Crippen molar-refractivity contribution in [2.24, 2.45) is 0 Å². The van der Waals surface area contributed by atoms with Gasteiger partial charge in [-0.2, -0.15) is 0 Å². The third-order valence-corrected chi connectivity index (χ3v) is 5.02. The average Bonchev–Trinajstić information content (AvgIpc) is 2.66. The third-order valence-electron chi connectivity index (χ3n) is 4.77. The Balaban J connectivity index is 2.17. The van der Waals surface area contributed by atoms with E-state index in [1.54, 1.807) is 19.1 Å². The molecule has 0 spiro atoms. The van der Waals surface area contributed by atoms with Gasteiger partial charge >= 0.3 is 0 Å². The molecule has 2 aromatic rings. The first-order valence-electron chi connectivity index (χ1n) is 10.0. The summed E-state index contributed by atoms with van der Waals surface area (Å²) in [5.74, 6) is 0.153. The van der Waals surface area contributed by atoms with Gasteiger partial charge in [0.2, 0.25) is 5.91 Å². The first kappa shape index (κ1) is 23.7. The number of amides is 2. The fourth-order valence-corrected chi connectivity index (χ4v) is 3.00. The topological polar surface area (TPSA) is 58.6 Å². The number of nitrogens with zero attached hydrogens (tertiary/aromatic N) is 1. The summed E-state index contributed by atoms with van der Waals surface area (Å²) < 4.78 is 5.73. The van der Waals surface area contributed by atoms with Crippen LogP contribution in [-0.2, 0) is 16.1 Å². The minimum atomic E-state index is -0.657. The van der Waals surface area contributed by atoms with Crippen LogP contribution in [0.4, 0.5) is 0 Å². The maximum absolute atomic E-state index is 13.0. The zero-order chi connectivity index (χ0) is 22.5. The first-order chi connectivity index (χ1) is 14.0. The van der Waals surface area contributed by atoms with E-state index >= 15 is 0 Å². The van der Waals surface area contributed by atoms with E-state index in [4.69, 9.17) is 16.3 Å². The van der Waals surface area contributed by atoms with Crippen LogP contribution in [0.25, 0.3) is 0 Å². The summed E-state index contributed by atoms with van der Waals surface area (Å²) in [7, 11) is 0. The molecule has 2 amide bonds. The van der Waals surface area contributed by atoms with Gasteiger partial charge in [0.1, 0.15) is 11.8 Å². The Morgan fingerprint density at radius 2 is 1.70 bits per heavy atom. The monoisotopic (exact) mass is 430 g/mol. The van der Waals surface area contributed by atoms with Crippen LogP contribution >= 0.6 is 11.6 Å². The van der Waals surface area contributed by atoms with E-state index in [2.05, 4.69) is 5.32 Å². The summed E-state index contributed by atoms with van der Waals surface area (Å²) >= 11 is 5.97. The molecule has 2 rings (SSSR count). The van der Waals surface area contributed by atoms with Crippen LogP contribution in [0, 0.1) is 13.8 Å². The molecule has 1 N–H and O–H groups in total. The Morgan fingerprint density at radius 1 is 1.07 bits per heavy atom. The van der Waals surface area contributed by atoms with Crippen LogP contribution in [0.5, 0.6) is 5.75 Å². The van der Waals surface area contributed by atoms with Crippen molar-refractivity contribution >= 4 is 23.4 Å². The molecule has 0 heterocycles. The van der Waals surface area contributed by atoms with E-state index in [0.717, 1.165) is 16.7 Å². The van der Waals surface area contributed by atoms with Gasteiger partial charge in [0.05, 0.1) is 0 Å². The van der Waals surface area contributed by atoms with Gasteiger partial charge in [-0.05, 0) is 82.5 Å². The molecule has 0 aromatic heterocycles. The van der Waals surface area contributed by atoms with Crippen molar-refractivity contribution < 1.29 is 14.3 Å². The van der Waals surface area contributed by atoms with Gasteiger partial charge in [0.15, 0.2) is 6.61 Å². The van der Waals surface area contributed by atoms with Crippen LogP contribution in [0.15, 0.2) is 42.5 Å². The minimum absolute atomic E-state index is 0.150. The lowest BCUT2D eigenvalue weighted by Crippen LogP contribution is -2.53. The molecule has 0 aliphatic heterocycles. The summed E-state index contributed by atoms with van der Waals surface area (Å²) in [6, 6.07) is 12.3. The van der Waals surface area contributed by atoms with Gasteiger partial charge in [-0.25, -0.2) is 0 Å². The molecular weight excluding hydrogens is 400 g/mol. The van der Waals surface area contributed by atoms with E-state index < -0.39 is 11.6 Å². The lowest BCUT2D eigenvalue weighted by Gasteiger charge is -2.31. The Hall–Kier alpha value is -2.53. The molecule has 0 saturated carbocycles. The molecule has 6 heteroatoms. The highest BCUT2D eigenvalue weighted by molar-refractivity contribution is 6.30. The summed E-state index contributed by atoms with van der Waals surface area (Å²) in [5.41, 5.74) is 2.74. The molecular formula is C24H31ClN2O3. The number of hydrogen-bond donors (Lipinski definition) is 1. The number of carbonyl (C=O) groups excluding carboxylic acids is 2. The first-order valence-corrected chi connectivity index (χ1v) is 10.4. The van der Waals surface area contributed by atoms with Crippen LogP contribution in [0.1, 0.15) is 44.4 Å². The molecule has 30 heavy (non-hydrogen) atoms. The highest BCUT2D eigenvalue weighted by Gasteiger charge is 2.28. The quantitative estimate of drug-likeness (QED) is 0.694. The Bertz CT molecular complexity index is 888. The number of ether oxygens (including phenoxy) is 1. The SMILES string of the molecule is Cc1ccc(OCC(=O)N(Cc2ccc(Cl)cc2)C(C)C(=O)NC(C)(C)C)cc1C. The predicted molar refractivity (Wildman–Crippen MR) is 121 cm³/mol. The number of benzene rings is 2. The maximum Gasteiger partial charge on any atom is 0.261 e. The zero-order valence-electron chi connectivity index (χ0n) is 18.6. The van der Waals surface area contributed by atoms with Crippen LogP contribution in [-0.4, -0.2) is 34.9 Å². The third kappa shape index (κ3) is 7.06. The highest BCUT2D eigenvalue weighted by atomic mass is 35.5. The normalized spacial score (nSPS) is 12.2. The number of rotatable bonds is 7. The Morgan fingerprint density at radius 3 is 2.27 bits per heavy atom. The summed E-state index contributed by atoms with van der Waals surface area (Å²) in [4.78, 5) is 27.3. The van der Waals surface area contributed by atoms with Crippen LogP contribution < -0.4 is 10.1 Å². The predicted octanol–water partition coefficient (Wildman–Crippen LogP) is 4.67. The van der Waals surface area contributed by atoms with E-state index in [1.165, 1.54) is 4.90 Å². The molecule has 0 saturated heterocycles. The molecule has 0 radical (unpaired) electrons. The molecule has 162 valence electrons. The average molecular weight is 431 g/mol. The second kappa shape index (κ2) is 9.98. The molecule has 0 fully saturated rings. The lowest BCUT2D eigenvalue weighted by atomic mass is 10.1. The van der Waals surface area contributed by atoms with Gasteiger partial charge in [0.25, 0.3) is 5.91 Å². The standard InChI is InChI=1S/C24H31ClN2O3/c1-16-7-12-21(13-17(16)2)30-15-22(28)27(14-19-8-10-20(25)11-9-19)18(3)23(29)26-24(4,5)6/h7-13,18H,14-15H2,1-6H3,(H,26,29). The molecule has 2 aromatic carbocycles. The van der Waals surface area contributed by atoms with Crippen molar-refractivity contribution in [3.8, 4) is 5.75 Å². The fourth-order valence-electron chi connectivity index (χ4n) is 2.87. The van der Waals surface area contributed by atoms with Gasteiger partial charge in [-0.1, -0.05) is 29.8 Å². The molecule has 5 nitrogen and oxygen atoms in total. The van der Waals surface area contributed by atoms with Gasteiger partial charge in [-0.15, -0.1) is 0 Å². The van der Waals surface area contributed by atoms with Crippen molar-refractivity contribution in [1.82, 2.24) is 10.2 Å². The van der Waals surface area contributed by atoms with E-state index in [-0.39, 0.29) is 25.0 Å². The Kier molecular flexibility index (Phi) is 7.90. The van der Waals surface area contributed by atoms with E-state index in [1.807, 2.05) is 65.0 Å². The lowest BCUT2D eigenvalue weighted by molar-refractivity contribution is -0.142. The summed E-state index contributed by atoms with van der Waals surface area (Å²) in [5, 5.41) is 3.56. The second-order valence-electron chi connectivity index (χ2n) is 8.60. The second-order valence-corrected chi connectivity index (χ2v) is 9.03. The molecule has 0 aliphatic carbocycles. The molecule has 1 atom stereocenters. The number of carbonyl (C=O) groups is 2. The van der Waals surface area contributed by atoms with E-state index in [9.17, 15) is 9.59 Å². The van der Waals surface area contributed by atoms with Crippen LogP contribution in [0.3, 0.4) is 0 Å². The van der Waals surface area contributed by atoms with Crippen molar-refractivity contribution in [1.29, 1.82) is 0 Å². The fraction of sp³-hybridized carbons (Fsp3) is 0.417. The molecule has 0 bridgehead atoms. The van der Waals surface area contributed by atoms with Crippen molar-refractivity contribution in [2.45, 2.75) is 59.7 Å². The number of aryl methyl sites for hydroxylation is 2. The van der Waals surface area contributed by atoms with Gasteiger partial charge in [-0.3, -0.25) is 9.59 Å². The molecule has 0 aliphatic rings. The van der Waals surface area contributed by atoms with Crippen molar-refractivity contribution in [3.05, 3.63) is 64.2 Å². The summed E-state index contributed by atoms with van der Waals surface area (Å²) in [6.45, 7) is 11.6. The smallest absolute Gasteiger partial charge is 0.261 e. The zero-order valence-corrected chi connectivity index (χ0v) is 19.3. The number of hydrogen-bond acceptors (Lipinski definition) is 3. The highest BCUT2D eigenvalue weighted by Crippen LogP contribution is 2.18. The number of nitrogens with one attached hydrogen (secondary N) is 1. The van der Waals surface area contributed by atoms with Crippen LogP contribution in [0.2, 0.25) is 5.02 Å². The Labute approximate surface area is 184 Å². The van der Waals surface area contributed by atoms with Gasteiger partial charge in [0, 0.05) is 17.1 Å². The maximum atomic E-state index is 13.0. The number of halogens is 1. The van der Waals surface area contributed by atoms with Crippen molar-refractivity contribution in [3.63, 3.8) is 0 Å². The van der Waals surface area contributed by atoms with E-state index in [0.29, 0.717) is 10.8 Å². The minimum Gasteiger partial charge on any atom is -0.484 e. The summed E-state index contributed by atoms with van der Waals surface area (Å²) in [6.07, 6.45) is 0.